The molecular formula is C28H32N2O6. The lowest BCUT2D eigenvalue weighted by atomic mass is 10.0. The first-order valence-electron chi connectivity index (χ1n) is 11.9. The van der Waals surface area contributed by atoms with Gasteiger partial charge in [-0.2, -0.15) is 0 Å². The van der Waals surface area contributed by atoms with Crippen LogP contribution in [0.2, 0.25) is 0 Å². The van der Waals surface area contributed by atoms with Gasteiger partial charge in [-0.1, -0.05) is 11.2 Å². The molecule has 8 nitrogen and oxygen atoms in total. The molecule has 190 valence electrons. The minimum Gasteiger partial charge on any atom is -0.497 e. The normalized spacial score (nSPS) is 15.4. The largest absolute Gasteiger partial charge is 0.497 e. The van der Waals surface area contributed by atoms with E-state index in [0.717, 1.165) is 52.5 Å². The molecule has 2 heterocycles. The molecule has 3 aromatic rings. The highest BCUT2D eigenvalue weighted by Crippen LogP contribution is 2.39. The predicted octanol–water partition coefficient (Wildman–Crippen LogP) is 5.27. The van der Waals surface area contributed by atoms with Crippen LogP contribution >= 0.6 is 0 Å². The summed E-state index contributed by atoms with van der Waals surface area (Å²) in [4.78, 5) is 15.0. The molecule has 1 aliphatic rings. The Bertz CT molecular complexity index is 1230. The van der Waals surface area contributed by atoms with E-state index in [9.17, 15) is 4.79 Å². The van der Waals surface area contributed by atoms with Gasteiger partial charge >= 0.3 is 0 Å². The minimum atomic E-state index is -0.0481. The number of nitrogens with zero attached hydrogens (tertiary/aromatic N) is 2. The molecule has 8 heteroatoms. The zero-order chi connectivity index (χ0) is 25.7. The molecule has 0 spiro atoms. The number of rotatable bonds is 9. The topological polar surface area (TPSA) is 83.3 Å². The van der Waals surface area contributed by atoms with E-state index < -0.39 is 0 Å². The molecule has 1 amide bonds. The second-order valence-electron chi connectivity index (χ2n) is 8.63. The van der Waals surface area contributed by atoms with E-state index in [2.05, 4.69) is 5.16 Å². The first-order chi connectivity index (χ1) is 17.4. The molecule has 1 aliphatic heterocycles. The Balaban J connectivity index is 1.46. The van der Waals surface area contributed by atoms with E-state index >= 15 is 0 Å². The maximum absolute atomic E-state index is 13.1. The van der Waals surface area contributed by atoms with Crippen molar-refractivity contribution in [2.24, 2.45) is 0 Å². The third kappa shape index (κ3) is 5.32. The smallest absolute Gasteiger partial charge is 0.247 e. The third-order valence-corrected chi connectivity index (χ3v) is 6.49. The van der Waals surface area contributed by atoms with Crippen molar-refractivity contribution >= 4 is 12.0 Å². The van der Waals surface area contributed by atoms with Gasteiger partial charge in [0.1, 0.15) is 23.9 Å². The summed E-state index contributed by atoms with van der Waals surface area (Å²) in [5.74, 6) is 3.31. The number of ether oxygens (including phenoxy) is 4. The maximum Gasteiger partial charge on any atom is 0.247 e. The van der Waals surface area contributed by atoms with Crippen molar-refractivity contribution in [1.29, 1.82) is 0 Å². The zero-order valence-electron chi connectivity index (χ0n) is 21.4. The van der Waals surface area contributed by atoms with Crippen LogP contribution < -0.4 is 18.9 Å². The Kier molecular flexibility index (Phi) is 7.83. The fraction of sp³-hybridized carbons (Fsp3) is 0.357. The Morgan fingerprint density at radius 3 is 2.56 bits per heavy atom. The number of carbonyl (C=O) groups excluding carboxylic acids is 1. The number of amides is 1. The second-order valence-corrected chi connectivity index (χ2v) is 8.63. The first-order valence-corrected chi connectivity index (χ1v) is 11.9. The van der Waals surface area contributed by atoms with Crippen molar-refractivity contribution in [3.63, 3.8) is 0 Å². The quantitative estimate of drug-likeness (QED) is 0.376. The molecule has 0 saturated carbocycles. The van der Waals surface area contributed by atoms with Crippen molar-refractivity contribution in [3.8, 4) is 23.0 Å². The Morgan fingerprint density at radius 2 is 1.86 bits per heavy atom. The highest BCUT2D eigenvalue weighted by molar-refractivity contribution is 5.92. The summed E-state index contributed by atoms with van der Waals surface area (Å²) in [6, 6.07) is 11.3. The summed E-state index contributed by atoms with van der Waals surface area (Å²) < 4.78 is 27.6. The van der Waals surface area contributed by atoms with Crippen molar-refractivity contribution in [3.05, 3.63) is 70.6 Å². The summed E-state index contributed by atoms with van der Waals surface area (Å²) >= 11 is 0. The lowest BCUT2D eigenvalue weighted by Gasteiger charge is -2.25. The summed E-state index contributed by atoms with van der Waals surface area (Å²) in [6.45, 7) is 4.76. The Labute approximate surface area is 211 Å². The molecule has 1 atom stereocenters. The van der Waals surface area contributed by atoms with Crippen LogP contribution in [0.15, 0.2) is 47.0 Å². The van der Waals surface area contributed by atoms with Gasteiger partial charge in [-0.3, -0.25) is 4.79 Å². The van der Waals surface area contributed by atoms with Crippen molar-refractivity contribution in [2.45, 2.75) is 39.3 Å². The van der Waals surface area contributed by atoms with Crippen LogP contribution in [0.4, 0.5) is 0 Å². The van der Waals surface area contributed by atoms with Crippen LogP contribution in [-0.2, 0) is 11.4 Å². The van der Waals surface area contributed by atoms with E-state index in [1.165, 1.54) is 0 Å². The molecule has 1 saturated heterocycles. The average Bonchev–Trinajstić information content (AvgIpc) is 3.52. The highest BCUT2D eigenvalue weighted by Gasteiger charge is 2.31. The molecule has 0 radical (unpaired) electrons. The van der Waals surface area contributed by atoms with Gasteiger partial charge in [0.25, 0.3) is 0 Å². The molecule has 0 unspecified atom stereocenters. The lowest BCUT2D eigenvalue weighted by Crippen LogP contribution is -2.29. The number of benzene rings is 2. The van der Waals surface area contributed by atoms with Gasteiger partial charge in [0.05, 0.1) is 38.6 Å². The van der Waals surface area contributed by atoms with Crippen LogP contribution in [0.5, 0.6) is 23.0 Å². The van der Waals surface area contributed by atoms with Gasteiger partial charge in [-0.25, -0.2) is 0 Å². The molecular weight excluding hydrogens is 460 g/mol. The summed E-state index contributed by atoms with van der Waals surface area (Å²) in [5.41, 5.74) is 3.54. The first kappa shape index (κ1) is 25.2. The fourth-order valence-corrected chi connectivity index (χ4v) is 4.48. The maximum atomic E-state index is 13.1. The van der Waals surface area contributed by atoms with E-state index in [1.807, 2.05) is 55.1 Å². The molecule has 36 heavy (non-hydrogen) atoms. The van der Waals surface area contributed by atoms with Crippen molar-refractivity contribution < 1.29 is 28.3 Å². The second kappa shape index (κ2) is 11.2. The van der Waals surface area contributed by atoms with E-state index in [4.69, 9.17) is 23.5 Å². The minimum absolute atomic E-state index is 0.0438. The lowest BCUT2D eigenvalue weighted by molar-refractivity contribution is -0.126. The molecule has 0 bridgehead atoms. The van der Waals surface area contributed by atoms with Gasteiger partial charge in [-0.05, 0) is 62.6 Å². The van der Waals surface area contributed by atoms with Crippen LogP contribution in [-0.4, -0.2) is 43.8 Å². The molecule has 1 aromatic heterocycles. The number of methoxy groups -OCH3 is 3. The van der Waals surface area contributed by atoms with Gasteiger partial charge in [0, 0.05) is 24.3 Å². The summed E-state index contributed by atoms with van der Waals surface area (Å²) in [5, 5.41) is 3.96. The Hall–Kier alpha value is -3.94. The third-order valence-electron chi connectivity index (χ3n) is 6.49. The number of hydrogen-bond acceptors (Lipinski definition) is 7. The fourth-order valence-electron chi connectivity index (χ4n) is 4.48. The van der Waals surface area contributed by atoms with Crippen molar-refractivity contribution in [2.75, 3.05) is 27.9 Å². The van der Waals surface area contributed by atoms with Crippen LogP contribution in [0.25, 0.3) is 6.08 Å². The number of aromatic nitrogens is 1. The van der Waals surface area contributed by atoms with Gasteiger partial charge in [-0.15, -0.1) is 0 Å². The van der Waals surface area contributed by atoms with E-state index in [0.29, 0.717) is 24.7 Å². The monoisotopic (exact) mass is 492 g/mol. The number of likely N-dealkylation sites (tertiary alicyclic amines) is 1. The predicted molar refractivity (Wildman–Crippen MR) is 136 cm³/mol. The highest BCUT2D eigenvalue weighted by atomic mass is 16.5. The summed E-state index contributed by atoms with van der Waals surface area (Å²) in [6.07, 6.45) is 5.22. The number of aryl methyl sites for hydroxylation is 2. The van der Waals surface area contributed by atoms with Crippen LogP contribution in [0.3, 0.4) is 0 Å². The van der Waals surface area contributed by atoms with Crippen LogP contribution in [0, 0.1) is 13.8 Å². The van der Waals surface area contributed by atoms with E-state index in [-0.39, 0.29) is 11.9 Å². The average molecular weight is 493 g/mol. The SMILES string of the molecule is COc1ccc([C@H]2CCCN2C(=O)/C=C/c2ccc(OCc3c(C)noc3C)c(OC)c2)c(OC)c1. The van der Waals surface area contributed by atoms with Gasteiger partial charge < -0.3 is 28.4 Å². The molecule has 0 N–H and O–H groups in total. The number of carbonyl (C=O) groups is 1. The molecule has 1 fully saturated rings. The summed E-state index contributed by atoms with van der Waals surface area (Å²) in [7, 11) is 4.85. The van der Waals surface area contributed by atoms with Gasteiger partial charge in [0.15, 0.2) is 11.5 Å². The number of hydrogen-bond donors (Lipinski definition) is 0. The Morgan fingerprint density at radius 1 is 1.06 bits per heavy atom. The van der Waals surface area contributed by atoms with Gasteiger partial charge in [0.2, 0.25) is 5.91 Å². The molecule has 4 rings (SSSR count). The zero-order valence-corrected chi connectivity index (χ0v) is 21.4. The van der Waals surface area contributed by atoms with Crippen LogP contribution in [0.1, 0.15) is 47.0 Å². The van der Waals surface area contributed by atoms with E-state index in [1.54, 1.807) is 33.5 Å². The standard InChI is InChI=1S/C28H32N2O6/c1-18-23(19(2)36-29-18)17-35-25-12-8-20(15-27(25)34-5)9-13-28(31)30-14-6-7-24(30)22-11-10-21(32-3)16-26(22)33-4/h8-13,15-16,24H,6-7,14,17H2,1-5H3/b13-9+/t24-/m1/s1. The van der Waals surface area contributed by atoms with Crippen molar-refractivity contribution in [1.82, 2.24) is 10.1 Å². The molecule has 0 aliphatic carbocycles. The molecule has 2 aromatic carbocycles.